The van der Waals surface area contributed by atoms with E-state index in [9.17, 15) is 9.59 Å². The van der Waals surface area contributed by atoms with Crippen molar-refractivity contribution in [3.8, 4) is 5.75 Å². The molecule has 0 bridgehead atoms. The third-order valence-corrected chi connectivity index (χ3v) is 4.41. The van der Waals surface area contributed by atoms with E-state index in [4.69, 9.17) is 9.47 Å². The van der Waals surface area contributed by atoms with Crippen LogP contribution in [0.1, 0.15) is 25.7 Å². The summed E-state index contributed by atoms with van der Waals surface area (Å²) in [5.41, 5.74) is -0.600. The van der Waals surface area contributed by atoms with Crippen LogP contribution in [0.5, 0.6) is 5.75 Å². The van der Waals surface area contributed by atoms with Crippen molar-refractivity contribution in [1.29, 1.82) is 0 Å². The molecule has 0 aromatic heterocycles. The lowest BCUT2D eigenvalue weighted by Crippen LogP contribution is -2.53. The molecule has 1 aromatic rings. The molecular weight excluding hydrogens is 282 g/mol. The number of Topliss-reactive ketones (excluding diaryl/α,β-unsaturated/α-hetero) is 1. The standard InChI is InChI=1S/C17H21NO4/c19-15-13-18(10-9-17(15)8-4-11-22-17)16(20)7-12-21-14-5-2-1-3-6-14/h1-3,5-6H,4,7-13H2. The topological polar surface area (TPSA) is 55.8 Å². The van der Waals surface area contributed by atoms with Crippen LogP contribution < -0.4 is 4.74 Å². The van der Waals surface area contributed by atoms with Crippen LogP contribution in [0.4, 0.5) is 0 Å². The molecule has 1 aromatic carbocycles. The minimum Gasteiger partial charge on any atom is -0.493 e. The van der Waals surface area contributed by atoms with E-state index in [0.717, 1.165) is 18.6 Å². The van der Waals surface area contributed by atoms with Gasteiger partial charge in [0.05, 0.1) is 19.6 Å². The average Bonchev–Trinajstić information content (AvgIpc) is 3.01. The lowest BCUT2D eigenvalue weighted by Gasteiger charge is -2.37. The van der Waals surface area contributed by atoms with Crippen LogP contribution >= 0.6 is 0 Å². The maximum Gasteiger partial charge on any atom is 0.226 e. The molecule has 118 valence electrons. The summed E-state index contributed by atoms with van der Waals surface area (Å²) in [7, 11) is 0. The summed E-state index contributed by atoms with van der Waals surface area (Å²) < 4.78 is 11.2. The van der Waals surface area contributed by atoms with Gasteiger partial charge in [-0.1, -0.05) is 18.2 Å². The number of hydrogen-bond acceptors (Lipinski definition) is 4. The lowest BCUT2D eigenvalue weighted by molar-refractivity contribution is -0.152. The van der Waals surface area contributed by atoms with Gasteiger partial charge in [-0.15, -0.1) is 0 Å². The first-order valence-electron chi connectivity index (χ1n) is 7.82. The number of carbonyl (C=O) groups excluding carboxylic acids is 2. The predicted molar refractivity (Wildman–Crippen MR) is 80.7 cm³/mol. The van der Waals surface area contributed by atoms with Gasteiger partial charge in [-0.25, -0.2) is 0 Å². The Kier molecular flexibility index (Phi) is 4.43. The van der Waals surface area contributed by atoms with Gasteiger partial charge < -0.3 is 14.4 Å². The molecule has 0 N–H and O–H groups in total. The molecule has 3 rings (SSSR count). The maximum absolute atomic E-state index is 12.3. The number of amides is 1. The number of piperidine rings is 1. The molecule has 2 aliphatic rings. The highest BCUT2D eigenvalue weighted by Gasteiger charge is 2.46. The fourth-order valence-electron chi connectivity index (χ4n) is 3.11. The fourth-order valence-corrected chi connectivity index (χ4v) is 3.11. The summed E-state index contributed by atoms with van der Waals surface area (Å²) >= 11 is 0. The third kappa shape index (κ3) is 3.14. The van der Waals surface area contributed by atoms with Crippen LogP contribution in [0.15, 0.2) is 30.3 Å². The molecule has 5 heteroatoms. The third-order valence-electron chi connectivity index (χ3n) is 4.41. The van der Waals surface area contributed by atoms with Gasteiger partial charge in [0, 0.05) is 19.6 Å². The molecule has 2 fully saturated rings. The quantitative estimate of drug-likeness (QED) is 0.851. The summed E-state index contributed by atoms with van der Waals surface area (Å²) in [6.07, 6.45) is 2.64. The smallest absolute Gasteiger partial charge is 0.226 e. The number of hydrogen-bond donors (Lipinski definition) is 0. The Morgan fingerprint density at radius 1 is 1.27 bits per heavy atom. The van der Waals surface area contributed by atoms with Gasteiger partial charge in [0.15, 0.2) is 5.78 Å². The second kappa shape index (κ2) is 6.48. The molecule has 0 radical (unpaired) electrons. The molecular formula is C17H21NO4. The van der Waals surface area contributed by atoms with E-state index >= 15 is 0 Å². The number of carbonyl (C=O) groups is 2. The van der Waals surface area contributed by atoms with Crippen LogP contribution in [0.25, 0.3) is 0 Å². The summed E-state index contributed by atoms with van der Waals surface area (Å²) in [4.78, 5) is 26.1. The van der Waals surface area contributed by atoms with Crippen LogP contribution in [0.2, 0.25) is 0 Å². The summed E-state index contributed by atoms with van der Waals surface area (Å²) in [6, 6.07) is 9.41. The number of para-hydroxylation sites is 1. The molecule has 1 unspecified atom stereocenters. The van der Waals surface area contributed by atoms with E-state index < -0.39 is 5.60 Å². The summed E-state index contributed by atoms with van der Waals surface area (Å²) in [5, 5.41) is 0. The highest BCUT2D eigenvalue weighted by Crippen LogP contribution is 2.33. The van der Waals surface area contributed by atoms with E-state index in [1.807, 2.05) is 30.3 Å². The van der Waals surface area contributed by atoms with Crippen molar-refractivity contribution in [2.45, 2.75) is 31.3 Å². The highest BCUT2D eigenvalue weighted by atomic mass is 16.5. The molecule has 2 saturated heterocycles. The monoisotopic (exact) mass is 303 g/mol. The second-order valence-corrected chi connectivity index (χ2v) is 5.85. The van der Waals surface area contributed by atoms with Crippen molar-refractivity contribution in [2.75, 3.05) is 26.3 Å². The molecule has 2 aliphatic heterocycles. The van der Waals surface area contributed by atoms with Crippen molar-refractivity contribution in [3.05, 3.63) is 30.3 Å². The zero-order valence-electron chi connectivity index (χ0n) is 12.6. The number of likely N-dealkylation sites (tertiary alicyclic amines) is 1. The second-order valence-electron chi connectivity index (χ2n) is 5.85. The van der Waals surface area contributed by atoms with Crippen LogP contribution in [-0.4, -0.2) is 48.5 Å². The number of rotatable bonds is 4. The van der Waals surface area contributed by atoms with Crippen molar-refractivity contribution >= 4 is 11.7 Å². The number of ketones is 1. The highest BCUT2D eigenvalue weighted by molar-refractivity contribution is 5.93. The first-order valence-corrected chi connectivity index (χ1v) is 7.82. The van der Waals surface area contributed by atoms with Crippen LogP contribution in [0.3, 0.4) is 0 Å². The summed E-state index contributed by atoms with van der Waals surface area (Å²) in [5.74, 6) is 0.772. The number of benzene rings is 1. The molecule has 22 heavy (non-hydrogen) atoms. The Balaban J connectivity index is 1.46. The van der Waals surface area contributed by atoms with Crippen molar-refractivity contribution in [3.63, 3.8) is 0 Å². The first-order chi connectivity index (χ1) is 10.7. The minimum atomic E-state index is -0.600. The van der Waals surface area contributed by atoms with E-state index in [-0.39, 0.29) is 24.7 Å². The Morgan fingerprint density at radius 3 is 2.77 bits per heavy atom. The normalized spacial score (nSPS) is 24.7. The van der Waals surface area contributed by atoms with Gasteiger partial charge in [0.2, 0.25) is 5.91 Å². The van der Waals surface area contributed by atoms with Gasteiger partial charge in [-0.3, -0.25) is 9.59 Å². The first kappa shape index (κ1) is 15.0. The zero-order valence-corrected chi connectivity index (χ0v) is 12.6. The molecule has 2 heterocycles. The predicted octanol–water partition coefficient (Wildman–Crippen LogP) is 1.81. The Labute approximate surface area is 130 Å². The van der Waals surface area contributed by atoms with E-state index in [2.05, 4.69) is 0 Å². The zero-order chi connectivity index (χ0) is 15.4. The molecule has 1 atom stereocenters. The summed E-state index contributed by atoms with van der Waals surface area (Å²) in [6.45, 7) is 1.75. The number of nitrogens with zero attached hydrogens (tertiary/aromatic N) is 1. The van der Waals surface area contributed by atoms with Gasteiger partial charge >= 0.3 is 0 Å². The van der Waals surface area contributed by atoms with E-state index in [0.29, 0.717) is 26.2 Å². The molecule has 0 aliphatic carbocycles. The Bertz CT molecular complexity index is 537. The minimum absolute atomic E-state index is 0.0304. The van der Waals surface area contributed by atoms with Gasteiger partial charge in [-0.05, 0) is 25.0 Å². The maximum atomic E-state index is 12.3. The number of ether oxygens (including phenoxy) is 2. The van der Waals surface area contributed by atoms with Gasteiger partial charge in [0.25, 0.3) is 0 Å². The Hall–Kier alpha value is -1.88. The van der Waals surface area contributed by atoms with Crippen molar-refractivity contribution in [2.24, 2.45) is 0 Å². The Morgan fingerprint density at radius 2 is 2.09 bits per heavy atom. The lowest BCUT2D eigenvalue weighted by atomic mass is 9.87. The largest absolute Gasteiger partial charge is 0.493 e. The molecule has 0 saturated carbocycles. The van der Waals surface area contributed by atoms with Crippen LogP contribution in [-0.2, 0) is 14.3 Å². The van der Waals surface area contributed by atoms with Crippen molar-refractivity contribution < 1.29 is 19.1 Å². The molecule has 1 spiro atoms. The SMILES string of the molecule is O=C(CCOc1ccccc1)N1CCC2(CCCO2)C(=O)C1. The van der Waals surface area contributed by atoms with Gasteiger partial charge in [-0.2, -0.15) is 0 Å². The van der Waals surface area contributed by atoms with Crippen LogP contribution in [0, 0.1) is 0 Å². The van der Waals surface area contributed by atoms with E-state index in [1.54, 1.807) is 4.90 Å². The molecule has 1 amide bonds. The average molecular weight is 303 g/mol. The molecule has 5 nitrogen and oxygen atoms in total. The fraction of sp³-hybridized carbons (Fsp3) is 0.529. The van der Waals surface area contributed by atoms with E-state index in [1.165, 1.54) is 0 Å². The van der Waals surface area contributed by atoms with Gasteiger partial charge in [0.1, 0.15) is 11.4 Å². The van der Waals surface area contributed by atoms with Crippen molar-refractivity contribution in [1.82, 2.24) is 4.90 Å².